The summed E-state index contributed by atoms with van der Waals surface area (Å²) < 4.78 is 5.10. The average molecular weight is 284 g/mol. The molecule has 5 heteroatoms. The van der Waals surface area contributed by atoms with Crippen LogP contribution in [0, 0.1) is 5.41 Å². The van der Waals surface area contributed by atoms with Gasteiger partial charge in [-0.05, 0) is 24.8 Å². The van der Waals surface area contributed by atoms with Gasteiger partial charge in [0.05, 0.1) is 18.6 Å². The van der Waals surface area contributed by atoms with Crippen molar-refractivity contribution in [2.24, 2.45) is 11.1 Å². The Labute approximate surface area is 119 Å². The van der Waals surface area contributed by atoms with Gasteiger partial charge >= 0.3 is 0 Å². The number of hydrogen-bond donors (Lipinski definition) is 1. The topological polar surface area (TPSA) is 55.6 Å². The van der Waals surface area contributed by atoms with Gasteiger partial charge in [0.1, 0.15) is 0 Å². The summed E-state index contributed by atoms with van der Waals surface area (Å²) in [6.45, 7) is 6.09. The van der Waals surface area contributed by atoms with Crippen LogP contribution in [-0.4, -0.2) is 37.6 Å². The van der Waals surface area contributed by atoms with Gasteiger partial charge in [-0.1, -0.05) is 13.0 Å². The summed E-state index contributed by atoms with van der Waals surface area (Å²) in [6.07, 6.45) is 0.746. The van der Waals surface area contributed by atoms with Crippen LogP contribution in [0.4, 0.5) is 0 Å². The fourth-order valence-electron chi connectivity index (χ4n) is 1.81. The van der Waals surface area contributed by atoms with Gasteiger partial charge in [0, 0.05) is 25.1 Å². The maximum absolute atomic E-state index is 12.7. The molecule has 1 aromatic heterocycles. The summed E-state index contributed by atoms with van der Waals surface area (Å²) in [7, 11) is 1.65. The molecule has 19 heavy (non-hydrogen) atoms. The predicted molar refractivity (Wildman–Crippen MR) is 79.1 cm³/mol. The summed E-state index contributed by atoms with van der Waals surface area (Å²) in [6, 6.07) is 4.05. The second-order valence-corrected chi connectivity index (χ2v) is 5.95. The average Bonchev–Trinajstić information content (AvgIpc) is 2.94. The number of carbonyl (C=O) groups excluding carboxylic acids is 1. The van der Waals surface area contributed by atoms with E-state index < -0.39 is 5.41 Å². The maximum Gasteiger partial charge on any atom is 0.230 e. The fourth-order valence-corrected chi connectivity index (χ4v) is 2.53. The van der Waals surface area contributed by atoms with Crippen molar-refractivity contribution in [3.63, 3.8) is 0 Å². The summed E-state index contributed by atoms with van der Waals surface area (Å²) in [5, 5.41) is 2.02. The number of nitrogens with two attached hydrogens (primary N) is 1. The van der Waals surface area contributed by atoms with Crippen LogP contribution in [0.2, 0.25) is 0 Å². The Bertz CT molecular complexity index is 375. The Morgan fingerprint density at radius 1 is 1.58 bits per heavy atom. The minimum atomic E-state index is -0.481. The van der Waals surface area contributed by atoms with E-state index >= 15 is 0 Å². The molecular formula is C14H24N2O2S. The number of nitrogens with zero attached hydrogens (tertiary/aromatic N) is 1. The van der Waals surface area contributed by atoms with Crippen LogP contribution in [-0.2, 0) is 16.1 Å². The first-order valence-corrected chi connectivity index (χ1v) is 7.46. The Kier molecular flexibility index (Phi) is 6.48. The first kappa shape index (κ1) is 16.1. The molecule has 1 amide bonds. The minimum absolute atomic E-state index is 0.114. The van der Waals surface area contributed by atoms with E-state index in [1.165, 1.54) is 4.88 Å². The zero-order valence-corrected chi connectivity index (χ0v) is 12.8. The molecule has 0 aliphatic heterocycles. The van der Waals surface area contributed by atoms with Gasteiger partial charge in [-0.2, -0.15) is 0 Å². The highest BCUT2D eigenvalue weighted by Gasteiger charge is 2.33. The van der Waals surface area contributed by atoms with Crippen molar-refractivity contribution in [3.8, 4) is 0 Å². The SMILES string of the molecule is CCC(C)(CN)C(=O)N(CCOC)Cc1cccs1. The van der Waals surface area contributed by atoms with Crippen molar-refractivity contribution in [1.29, 1.82) is 0 Å². The van der Waals surface area contributed by atoms with Crippen LogP contribution in [0.3, 0.4) is 0 Å². The number of ether oxygens (including phenoxy) is 1. The second-order valence-electron chi connectivity index (χ2n) is 4.92. The molecule has 0 radical (unpaired) electrons. The van der Waals surface area contributed by atoms with Crippen LogP contribution >= 0.6 is 11.3 Å². The van der Waals surface area contributed by atoms with Gasteiger partial charge < -0.3 is 15.4 Å². The minimum Gasteiger partial charge on any atom is -0.383 e. The van der Waals surface area contributed by atoms with Gasteiger partial charge in [0.15, 0.2) is 0 Å². The molecule has 0 aliphatic rings. The van der Waals surface area contributed by atoms with Gasteiger partial charge in [0.25, 0.3) is 0 Å². The molecule has 0 spiro atoms. The van der Waals surface area contributed by atoms with E-state index in [9.17, 15) is 4.79 Å². The van der Waals surface area contributed by atoms with E-state index in [1.54, 1.807) is 18.4 Å². The summed E-state index contributed by atoms with van der Waals surface area (Å²) in [5.41, 5.74) is 5.30. The van der Waals surface area contributed by atoms with Crippen LogP contribution in [0.25, 0.3) is 0 Å². The molecular weight excluding hydrogens is 260 g/mol. The standard InChI is InChI=1S/C14H24N2O2S/c1-4-14(2,11-15)13(17)16(7-8-18-3)10-12-6-5-9-19-12/h5-6,9H,4,7-8,10-11,15H2,1-3H3. The number of rotatable bonds is 8. The molecule has 0 aliphatic carbocycles. The molecule has 1 aromatic rings. The number of carbonyl (C=O) groups is 1. The van der Waals surface area contributed by atoms with Gasteiger partial charge in [0.2, 0.25) is 5.91 Å². The zero-order chi connectivity index (χ0) is 14.3. The highest BCUT2D eigenvalue weighted by molar-refractivity contribution is 7.09. The predicted octanol–water partition coefficient (Wildman–Crippen LogP) is 2.10. The molecule has 2 N–H and O–H groups in total. The van der Waals surface area contributed by atoms with Crippen molar-refractivity contribution < 1.29 is 9.53 Å². The van der Waals surface area contributed by atoms with E-state index in [2.05, 4.69) is 0 Å². The molecule has 0 saturated heterocycles. The number of hydrogen-bond acceptors (Lipinski definition) is 4. The van der Waals surface area contributed by atoms with Crippen LogP contribution in [0.15, 0.2) is 17.5 Å². The smallest absolute Gasteiger partial charge is 0.230 e. The van der Waals surface area contributed by atoms with E-state index in [0.29, 0.717) is 26.2 Å². The van der Waals surface area contributed by atoms with Crippen LogP contribution in [0.1, 0.15) is 25.1 Å². The normalized spacial score (nSPS) is 14.1. The Balaban J connectivity index is 2.80. The Morgan fingerprint density at radius 2 is 2.32 bits per heavy atom. The lowest BCUT2D eigenvalue weighted by atomic mass is 9.86. The third kappa shape index (κ3) is 4.30. The summed E-state index contributed by atoms with van der Waals surface area (Å²) in [4.78, 5) is 15.7. The molecule has 4 nitrogen and oxygen atoms in total. The van der Waals surface area contributed by atoms with E-state index in [0.717, 1.165) is 6.42 Å². The monoisotopic (exact) mass is 284 g/mol. The number of amides is 1. The molecule has 0 saturated carbocycles. The molecule has 1 rings (SSSR count). The van der Waals surface area contributed by atoms with Gasteiger partial charge in [-0.25, -0.2) is 0 Å². The molecule has 0 aromatic carbocycles. The molecule has 0 bridgehead atoms. The largest absolute Gasteiger partial charge is 0.383 e. The highest BCUT2D eigenvalue weighted by Crippen LogP contribution is 2.24. The number of thiophene rings is 1. The van der Waals surface area contributed by atoms with Crippen LogP contribution in [0.5, 0.6) is 0 Å². The van der Waals surface area contributed by atoms with E-state index in [-0.39, 0.29) is 5.91 Å². The maximum atomic E-state index is 12.7. The van der Waals surface area contributed by atoms with E-state index in [1.807, 2.05) is 36.3 Å². The van der Waals surface area contributed by atoms with Crippen molar-refractivity contribution >= 4 is 17.2 Å². The summed E-state index contributed by atoms with van der Waals surface area (Å²) >= 11 is 1.66. The number of methoxy groups -OCH3 is 1. The lowest BCUT2D eigenvalue weighted by molar-refractivity contribution is -0.142. The molecule has 1 heterocycles. The van der Waals surface area contributed by atoms with Gasteiger partial charge in [-0.3, -0.25) is 4.79 Å². The van der Waals surface area contributed by atoms with Crippen molar-refractivity contribution in [2.45, 2.75) is 26.8 Å². The Hall–Kier alpha value is -0.910. The van der Waals surface area contributed by atoms with Gasteiger partial charge in [-0.15, -0.1) is 11.3 Å². The molecule has 108 valence electrons. The van der Waals surface area contributed by atoms with Crippen LogP contribution < -0.4 is 5.73 Å². The summed E-state index contributed by atoms with van der Waals surface area (Å²) in [5.74, 6) is 0.114. The Morgan fingerprint density at radius 3 is 2.79 bits per heavy atom. The molecule has 1 unspecified atom stereocenters. The third-order valence-corrected chi connectivity index (χ3v) is 4.39. The lowest BCUT2D eigenvalue weighted by Gasteiger charge is -2.32. The first-order chi connectivity index (χ1) is 9.07. The zero-order valence-electron chi connectivity index (χ0n) is 12.0. The molecule has 1 atom stereocenters. The quantitative estimate of drug-likeness (QED) is 0.795. The third-order valence-electron chi connectivity index (χ3n) is 3.53. The molecule has 0 fully saturated rings. The fraction of sp³-hybridized carbons (Fsp3) is 0.643. The second kappa shape index (κ2) is 7.62. The van der Waals surface area contributed by atoms with Crippen molar-refractivity contribution in [1.82, 2.24) is 4.90 Å². The highest BCUT2D eigenvalue weighted by atomic mass is 32.1. The first-order valence-electron chi connectivity index (χ1n) is 6.58. The van der Waals surface area contributed by atoms with Crippen molar-refractivity contribution in [2.75, 3.05) is 26.8 Å². The van der Waals surface area contributed by atoms with Crippen molar-refractivity contribution in [3.05, 3.63) is 22.4 Å². The van der Waals surface area contributed by atoms with E-state index in [4.69, 9.17) is 10.5 Å². The lowest BCUT2D eigenvalue weighted by Crippen LogP contribution is -2.46.